The molecule has 3 N–H and O–H groups in total. The molecule has 2 rings (SSSR count). The Balaban J connectivity index is 1.84. The number of H-pyrrole nitrogens is 2. The first kappa shape index (κ1) is 15.6. The van der Waals surface area contributed by atoms with E-state index in [1.165, 1.54) is 0 Å². The molecule has 0 fully saturated rings. The average molecular weight is 301 g/mol. The van der Waals surface area contributed by atoms with Crippen LogP contribution in [0.3, 0.4) is 0 Å². The molecular formula is C14H18F3N3O. The molecule has 0 saturated heterocycles. The van der Waals surface area contributed by atoms with Crippen molar-refractivity contribution in [3.05, 3.63) is 34.2 Å². The summed E-state index contributed by atoms with van der Waals surface area (Å²) in [6.07, 6.45) is -4.20. The molecule has 0 radical (unpaired) electrons. The number of benzene rings is 1. The van der Waals surface area contributed by atoms with Crippen molar-refractivity contribution < 1.29 is 13.2 Å². The van der Waals surface area contributed by atoms with E-state index >= 15 is 0 Å². The van der Waals surface area contributed by atoms with Gasteiger partial charge < -0.3 is 15.3 Å². The van der Waals surface area contributed by atoms with Crippen molar-refractivity contribution in [1.82, 2.24) is 15.3 Å². The van der Waals surface area contributed by atoms with Crippen LogP contribution in [0.5, 0.6) is 0 Å². The first-order valence-corrected chi connectivity index (χ1v) is 6.87. The predicted octanol–water partition coefficient (Wildman–Crippen LogP) is 3.24. The number of aromatic amines is 2. The maximum atomic E-state index is 12.0. The van der Waals surface area contributed by atoms with E-state index in [1.807, 2.05) is 25.1 Å². The van der Waals surface area contributed by atoms with Crippen molar-refractivity contribution in [2.75, 3.05) is 6.54 Å². The van der Waals surface area contributed by atoms with Gasteiger partial charge in [-0.3, -0.25) is 0 Å². The van der Waals surface area contributed by atoms with Crippen LogP contribution in [-0.2, 0) is 0 Å². The third-order valence-electron chi connectivity index (χ3n) is 3.38. The summed E-state index contributed by atoms with van der Waals surface area (Å²) in [7, 11) is 0. The monoisotopic (exact) mass is 301 g/mol. The van der Waals surface area contributed by atoms with E-state index in [2.05, 4.69) is 15.3 Å². The number of imidazole rings is 1. The normalized spacial score (nSPS) is 13.7. The highest BCUT2D eigenvalue weighted by atomic mass is 19.4. The molecule has 1 unspecified atom stereocenters. The highest BCUT2D eigenvalue weighted by Crippen LogP contribution is 2.22. The van der Waals surface area contributed by atoms with E-state index in [4.69, 9.17) is 0 Å². The van der Waals surface area contributed by atoms with E-state index in [1.54, 1.807) is 0 Å². The molecule has 21 heavy (non-hydrogen) atoms. The second-order valence-electron chi connectivity index (χ2n) is 5.13. The smallest absolute Gasteiger partial charge is 0.310 e. The number of aromatic nitrogens is 2. The molecule has 1 atom stereocenters. The first-order chi connectivity index (χ1) is 9.85. The average Bonchev–Trinajstić information content (AvgIpc) is 2.75. The minimum Gasteiger partial charge on any atom is -0.310 e. The van der Waals surface area contributed by atoms with Gasteiger partial charge in [-0.15, -0.1) is 0 Å². The van der Waals surface area contributed by atoms with Gasteiger partial charge in [0.25, 0.3) is 0 Å². The van der Waals surface area contributed by atoms with Crippen molar-refractivity contribution in [2.24, 2.45) is 0 Å². The number of fused-ring (bicyclic) bond motifs is 1. The lowest BCUT2D eigenvalue weighted by Crippen LogP contribution is -2.20. The van der Waals surface area contributed by atoms with E-state index in [9.17, 15) is 18.0 Å². The molecule has 0 amide bonds. The minimum absolute atomic E-state index is 0.0127. The lowest BCUT2D eigenvalue weighted by Gasteiger charge is -2.14. The van der Waals surface area contributed by atoms with Gasteiger partial charge >= 0.3 is 11.9 Å². The van der Waals surface area contributed by atoms with E-state index < -0.39 is 12.6 Å². The number of rotatable bonds is 6. The van der Waals surface area contributed by atoms with E-state index in [-0.39, 0.29) is 18.2 Å². The summed E-state index contributed by atoms with van der Waals surface area (Å²) < 4.78 is 36.0. The third-order valence-corrected chi connectivity index (χ3v) is 3.38. The second-order valence-corrected chi connectivity index (χ2v) is 5.13. The highest BCUT2D eigenvalue weighted by Gasteiger charge is 2.25. The van der Waals surface area contributed by atoms with Gasteiger partial charge in [-0.1, -0.05) is 6.07 Å². The van der Waals surface area contributed by atoms with Crippen molar-refractivity contribution >= 4 is 11.0 Å². The van der Waals surface area contributed by atoms with Crippen molar-refractivity contribution in [1.29, 1.82) is 0 Å². The number of alkyl halides is 3. The van der Waals surface area contributed by atoms with Gasteiger partial charge in [0.1, 0.15) is 0 Å². The molecule has 1 aromatic heterocycles. The number of unbranched alkanes of at least 4 members (excludes halogenated alkanes) is 1. The van der Waals surface area contributed by atoms with Gasteiger partial charge in [0.2, 0.25) is 0 Å². The fraction of sp³-hybridized carbons (Fsp3) is 0.500. The van der Waals surface area contributed by atoms with Crippen LogP contribution in [0.4, 0.5) is 13.2 Å². The molecule has 116 valence electrons. The Kier molecular flexibility index (Phi) is 4.72. The summed E-state index contributed by atoms with van der Waals surface area (Å²) in [5.41, 5.74) is 2.19. The van der Waals surface area contributed by atoms with Crippen LogP contribution in [0.15, 0.2) is 23.0 Å². The SMILES string of the molecule is CC(NCCCCC(F)(F)F)c1ccc2[nH]c(=O)[nH]c2c1. The Bertz CT molecular complexity index is 645. The van der Waals surface area contributed by atoms with Crippen LogP contribution in [0, 0.1) is 0 Å². The zero-order valence-corrected chi connectivity index (χ0v) is 11.7. The number of halogens is 3. The fourth-order valence-electron chi connectivity index (χ4n) is 2.21. The Hall–Kier alpha value is -1.76. The maximum absolute atomic E-state index is 12.0. The zero-order chi connectivity index (χ0) is 15.5. The Morgan fingerprint density at radius 2 is 1.90 bits per heavy atom. The maximum Gasteiger partial charge on any atom is 0.389 e. The summed E-state index contributed by atoms with van der Waals surface area (Å²) in [6, 6.07) is 5.57. The number of hydrogen-bond donors (Lipinski definition) is 3. The Morgan fingerprint density at radius 1 is 1.19 bits per heavy atom. The molecule has 0 aliphatic rings. The summed E-state index contributed by atoms with van der Waals surface area (Å²) in [6.45, 7) is 2.47. The summed E-state index contributed by atoms with van der Waals surface area (Å²) in [5.74, 6) is 0. The van der Waals surface area contributed by atoms with Crippen LogP contribution >= 0.6 is 0 Å². The van der Waals surface area contributed by atoms with Crippen LogP contribution < -0.4 is 11.0 Å². The van der Waals surface area contributed by atoms with Gasteiger partial charge in [-0.05, 0) is 44.0 Å². The standard InChI is InChI=1S/C14H18F3N3O/c1-9(18-7-3-2-6-14(15,16)17)10-4-5-11-12(8-10)20-13(21)19-11/h4-5,8-9,18H,2-3,6-7H2,1H3,(H2,19,20,21). The molecule has 2 aromatic rings. The Morgan fingerprint density at radius 3 is 2.62 bits per heavy atom. The highest BCUT2D eigenvalue weighted by molar-refractivity contribution is 5.75. The zero-order valence-electron chi connectivity index (χ0n) is 11.7. The second kappa shape index (κ2) is 6.34. The molecule has 0 bridgehead atoms. The van der Waals surface area contributed by atoms with Crippen LogP contribution in [-0.4, -0.2) is 22.7 Å². The molecule has 0 spiro atoms. The Labute approximate surface area is 119 Å². The molecule has 4 nitrogen and oxygen atoms in total. The van der Waals surface area contributed by atoms with Gasteiger partial charge in [0, 0.05) is 12.5 Å². The molecule has 1 heterocycles. The quantitative estimate of drug-likeness (QED) is 0.717. The molecule has 0 saturated carbocycles. The first-order valence-electron chi connectivity index (χ1n) is 6.87. The summed E-state index contributed by atoms with van der Waals surface area (Å²) in [4.78, 5) is 16.5. The van der Waals surface area contributed by atoms with Crippen molar-refractivity contribution in [3.63, 3.8) is 0 Å². The van der Waals surface area contributed by atoms with Crippen LogP contribution in [0.25, 0.3) is 11.0 Å². The molecular weight excluding hydrogens is 283 g/mol. The van der Waals surface area contributed by atoms with Crippen LogP contribution in [0.2, 0.25) is 0 Å². The molecule has 1 aromatic carbocycles. The molecule has 7 heteroatoms. The van der Waals surface area contributed by atoms with Gasteiger partial charge in [-0.25, -0.2) is 4.79 Å². The minimum atomic E-state index is -4.07. The lowest BCUT2D eigenvalue weighted by molar-refractivity contribution is -0.135. The number of hydrogen-bond acceptors (Lipinski definition) is 2. The van der Waals surface area contributed by atoms with Crippen molar-refractivity contribution in [3.8, 4) is 0 Å². The van der Waals surface area contributed by atoms with E-state index in [0.717, 1.165) is 16.6 Å². The van der Waals surface area contributed by atoms with Gasteiger partial charge in [-0.2, -0.15) is 13.2 Å². The molecule has 0 aliphatic carbocycles. The summed E-state index contributed by atoms with van der Waals surface area (Å²) >= 11 is 0. The number of nitrogens with one attached hydrogen (secondary N) is 3. The topological polar surface area (TPSA) is 60.7 Å². The largest absolute Gasteiger partial charge is 0.389 e. The molecule has 0 aliphatic heterocycles. The van der Waals surface area contributed by atoms with E-state index in [0.29, 0.717) is 13.0 Å². The predicted molar refractivity (Wildman–Crippen MR) is 75.2 cm³/mol. The fourth-order valence-corrected chi connectivity index (χ4v) is 2.21. The third kappa shape index (κ3) is 4.63. The van der Waals surface area contributed by atoms with Gasteiger partial charge in [0.15, 0.2) is 0 Å². The van der Waals surface area contributed by atoms with Crippen molar-refractivity contribution in [2.45, 2.75) is 38.4 Å². The summed E-state index contributed by atoms with van der Waals surface area (Å²) in [5, 5.41) is 3.19. The lowest BCUT2D eigenvalue weighted by atomic mass is 10.1. The van der Waals surface area contributed by atoms with Gasteiger partial charge in [0.05, 0.1) is 11.0 Å². The van der Waals surface area contributed by atoms with Crippen LogP contribution in [0.1, 0.15) is 37.8 Å².